The van der Waals surface area contributed by atoms with Crippen molar-refractivity contribution in [3.63, 3.8) is 0 Å². The van der Waals surface area contributed by atoms with Crippen molar-refractivity contribution in [3.8, 4) is 0 Å². The molecule has 0 rings (SSSR count). The van der Waals surface area contributed by atoms with E-state index in [4.69, 9.17) is 14.9 Å². The Labute approximate surface area is 82.0 Å². The predicted octanol–water partition coefficient (Wildman–Crippen LogP) is 0.0843. The van der Waals surface area contributed by atoms with Crippen LogP contribution in [0.4, 0.5) is 0 Å². The highest BCUT2D eigenvalue weighted by Gasteiger charge is 2.18. The van der Waals surface area contributed by atoms with E-state index in [-0.39, 0.29) is 19.5 Å². The van der Waals surface area contributed by atoms with Gasteiger partial charge in [0.05, 0.1) is 6.42 Å². The van der Waals surface area contributed by atoms with Crippen molar-refractivity contribution in [2.75, 3.05) is 19.4 Å². The molecule has 0 amide bonds. The molecule has 0 aromatic rings. The molecule has 0 saturated heterocycles. The van der Waals surface area contributed by atoms with E-state index in [2.05, 4.69) is 6.58 Å². The zero-order valence-electron chi connectivity index (χ0n) is 7.67. The number of nitrogens with zero attached hydrogens (tertiary/aromatic N) is 1. The van der Waals surface area contributed by atoms with Gasteiger partial charge in [0.1, 0.15) is 6.29 Å². The van der Waals surface area contributed by atoms with E-state index < -0.39 is 19.9 Å². The Hall–Kier alpha value is -0.680. The highest BCUT2D eigenvalue weighted by Crippen LogP contribution is 2.34. The van der Waals surface area contributed by atoms with E-state index in [1.807, 2.05) is 0 Å². The zero-order chi connectivity index (χ0) is 11.2. The van der Waals surface area contributed by atoms with Crippen molar-refractivity contribution < 1.29 is 24.3 Å². The van der Waals surface area contributed by atoms with Gasteiger partial charge < -0.3 is 14.9 Å². The number of carbonyl (C=O) groups is 1. The molecular formula is C7H14NO5P. The minimum Gasteiger partial charge on any atom is -0.481 e. The first-order valence-electron chi connectivity index (χ1n) is 3.95. The highest BCUT2D eigenvalue weighted by atomic mass is 31.2. The van der Waals surface area contributed by atoms with Crippen molar-refractivity contribution >= 4 is 13.6 Å². The summed E-state index contributed by atoms with van der Waals surface area (Å²) in [6, 6.07) is 0. The highest BCUT2D eigenvalue weighted by molar-refractivity contribution is 7.51. The Morgan fingerprint density at radius 3 is 2.43 bits per heavy atom. The average molecular weight is 223 g/mol. The van der Waals surface area contributed by atoms with E-state index in [1.54, 1.807) is 0 Å². The Kier molecular flexibility index (Phi) is 5.64. The summed E-state index contributed by atoms with van der Waals surface area (Å²) in [5, 5.41) is 8.38. The maximum atomic E-state index is 10.6. The number of hydrogen-bond donors (Lipinski definition) is 3. The second kappa shape index (κ2) is 5.93. The van der Waals surface area contributed by atoms with E-state index in [1.165, 1.54) is 11.0 Å². The minimum atomic E-state index is -4.13. The molecular weight excluding hydrogens is 209 g/mol. The summed E-state index contributed by atoms with van der Waals surface area (Å²) in [5.41, 5.74) is 0. The van der Waals surface area contributed by atoms with Crippen LogP contribution >= 0.6 is 7.60 Å². The van der Waals surface area contributed by atoms with E-state index in [0.717, 1.165) is 0 Å². The van der Waals surface area contributed by atoms with Gasteiger partial charge in [-0.3, -0.25) is 14.3 Å². The molecule has 0 heterocycles. The van der Waals surface area contributed by atoms with Gasteiger partial charge in [-0.05, 0) is 0 Å². The molecule has 0 radical (unpaired) electrons. The average Bonchev–Trinajstić information content (AvgIpc) is 1.98. The van der Waals surface area contributed by atoms with Crippen molar-refractivity contribution in [2.24, 2.45) is 0 Å². The van der Waals surface area contributed by atoms with Crippen LogP contribution < -0.4 is 0 Å². The number of carboxylic acid groups (broad SMARTS) is 1. The lowest BCUT2D eigenvalue weighted by molar-refractivity contribution is -0.137. The molecule has 0 aliphatic heterocycles. The Morgan fingerprint density at radius 1 is 1.50 bits per heavy atom. The molecule has 3 N–H and O–H groups in total. The van der Waals surface area contributed by atoms with E-state index >= 15 is 0 Å². The summed E-state index contributed by atoms with van der Waals surface area (Å²) in [4.78, 5) is 28.9. The summed E-state index contributed by atoms with van der Waals surface area (Å²) in [6.45, 7) is 3.78. The fraction of sp³-hybridized carbons (Fsp3) is 0.571. The first-order chi connectivity index (χ1) is 6.35. The third-order valence-electron chi connectivity index (χ3n) is 1.41. The third-order valence-corrected chi connectivity index (χ3v) is 2.18. The van der Waals surface area contributed by atoms with Crippen LogP contribution in [0.3, 0.4) is 0 Å². The van der Waals surface area contributed by atoms with Gasteiger partial charge >= 0.3 is 13.6 Å². The van der Waals surface area contributed by atoms with Crippen LogP contribution in [-0.4, -0.2) is 45.1 Å². The minimum absolute atomic E-state index is 0.104. The molecule has 0 aliphatic carbocycles. The number of carboxylic acids is 1. The van der Waals surface area contributed by atoms with Crippen LogP contribution in [0.1, 0.15) is 6.42 Å². The summed E-state index contributed by atoms with van der Waals surface area (Å²) in [7, 11) is -4.13. The maximum Gasteiger partial charge on any atom is 0.339 e. The quantitative estimate of drug-likeness (QED) is 0.417. The lowest BCUT2D eigenvalue weighted by atomic mass is 10.4. The van der Waals surface area contributed by atoms with Crippen LogP contribution in [0.15, 0.2) is 12.7 Å². The summed E-state index contributed by atoms with van der Waals surface area (Å²) in [6.07, 6.45) is 0.887. The van der Waals surface area contributed by atoms with Gasteiger partial charge in [-0.15, -0.1) is 6.58 Å². The van der Waals surface area contributed by atoms with Gasteiger partial charge in [-0.1, -0.05) is 6.08 Å². The number of hydrogen-bond acceptors (Lipinski definition) is 3. The van der Waals surface area contributed by atoms with Crippen LogP contribution in [0.2, 0.25) is 0 Å². The van der Waals surface area contributed by atoms with E-state index in [9.17, 15) is 9.36 Å². The lowest BCUT2D eigenvalue weighted by Crippen LogP contribution is -2.27. The second-order valence-electron chi connectivity index (χ2n) is 2.82. The fourth-order valence-corrected chi connectivity index (χ4v) is 1.69. The number of rotatable bonds is 7. The summed E-state index contributed by atoms with van der Waals surface area (Å²) >= 11 is 0. The largest absolute Gasteiger partial charge is 0.481 e. The van der Waals surface area contributed by atoms with Crippen molar-refractivity contribution in [3.05, 3.63) is 12.7 Å². The van der Waals surface area contributed by atoms with Gasteiger partial charge in [0, 0.05) is 13.1 Å². The normalized spacial score (nSPS) is 11.6. The molecule has 0 aromatic heterocycles. The van der Waals surface area contributed by atoms with Crippen molar-refractivity contribution in [1.82, 2.24) is 4.90 Å². The molecule has 0 aromatic carbocycles. The maximum absolute atomic E-state index is 10.6. The Morgan fingerprint density at radius 2 is 2.07 bits per heavy atom. The van der Waals surface area contributed by atoms with Crippen LogP contribution in [0.25, 0.3) is 0 Å². The summed E-state index contributed by atoms with van der Waals surface area (Å²) in [5.74, 6) is -0.996. The number of aliphatic carboxylic acids is 1. The molecule has 14 heavy (non-hydrogen) atoms. The lowest BCUT2D eigenvalue weighted by Gasteiger charge is -2.19. The molecule has 0 atom stereocenters. The fourth-order valence-electron chi connectivity index (χ4n) is 0.917. The van der Waals surface area contributed by atoms with Gasteiger partial charge in [0.2, 0.25) is 0 Å². The molecule has 0 saturated carbocycles. The van der Waals surface area contributed by atoms with E-state index in [0.29, 0.717) is 0 Å². The molecule has 0 bridgehead atoms. The van der Waals surface area contributed by atoms with Crippen LogP contribution in [-0.2, 0) is 9.36 Å². The topological polar surface area (TPSA) is 98.1 Å². The smallest absolute Gasteiger partial charge is 0.339 e. The molecule has 0 fully saturated rings. The van der Waals surface area contributed by atoms with Crippen molar-refractivity contribution in [1.29, 1.82) is 0 Å². The molecule has 0 unspecified atom stereocenters. The standard InChI is InChI=1S/C7H14NO5P/c1-2-4-8(5-3-7(9)10)6-14(11,12)13/h2H,1,3-6H2,(H,9,10)(H2,11,12,13). The van der Waals surface area contributed by atoms with Crippen LogP contribution in [0, 0.1) is 0 Å². The molecule has 0 spiro atoms. The second-order valence-corrected chi connectivity index (χ2v) is 4.43. The zero-order valence-corrected chi connectivity index (χ0v) is 8.56. The van der Waals surface area contributed by atoms with Crippen LogP contribution in [0.5, 0.6) is 0 Å². The molecule has 6 nitrogen and oxygen atoms in total. The van der Waals surface area contributed by atoms with Crippen molar-refractivity contribution in [2.45, 2.75) is 6.42 Å². The van der Waals surface area contributed by atoms with Gasteiger partial charge in [0.25, 0.3) is 0 Å². The monoisotopic (exact) mass is 223 g/mol. The molecule has 0 aliphatic rings. The predicted molar refractivity (Wildman–Crippen MR) is 50.9 cm³/mol. The Bertz CT molecular complexity index is 248. The first-order valence-corrected chi connectivity index (χ1v) is 5.74. The molecule has 82 valence electrons. The SMILES string of the molecule is C=CCN(CCC(=O)O)CP(=O)(O)O. The van der Waals surface area contributed by atoms with Gasteiger partial charge in [0.15, 0.2) is 0 Å². The molecule has 7 heteroatoms. The Balaban J connectivity index is 4.08. The third kappa shape index (κ3) is 7.94. The van der Waals surface area contributed by atoms with Gasteiger partial charge in [-0.25, -0.2) is 0 Å². The summed E-state index contributed by atoms with van der Waals surface area (Å²) < 4.78 is 10.6. The first kappa shape index (κ1) is 13.3. The van der Waals surface area contributed by atoms with Gasteiger partial charge in [-0.2, -0.15) is 0 Å².